The van der Waals surface area contributed by atoms with Crippen LogP contribution < -0.4 is 15.8 Å². The Bertz CT molecular complexity index is 682. The van der Waals surface area contributed by atoms with E-state index in [1.807, 2.05) is 43.3 Å². The summed E-state index contributed by atoms with van der Waals surface area (Å²) >= 11 is 3.36. The van der Waals surface area contributed by atoms with Crippen LogP contribution in [0.3, 0.4) is 0 Å². The Balaban J connectivity index is 2.09. The quantitative estimate of drug-likeness (QED) is 0.803. The lowest BCUT2D eigenvalue weighted by Gasteiger charge is -2.25. The summed E-state index contributed by atoms with van der Waals surface area (Å²) in [5.74, 6) is 0.394. The Hall–Kier alpha value is -2.01. The normalized spacial score (nSPS) is 11.1. The van der Waals surface area contributed by atoms with Crippen molar-refractivity contribution in [3.8, 4) is 5.75 Å². The lowest BCUT2D eigenvalue weighted by molar-refractivity contribution is -0.128. The average molecular weight is 363 g/mol. The van der Waals surface area contributed by atoms with Crippen LogP contribution in [0.1, 0.15) is 19.4 Å². The maximum Gasteiger partial charge on any atom is 0.267 e. The molecule has 2 rings (SSSR count). The predicted octanol–water partition coefficient (Wildman–Crippen LogP) is 4.14. The molecular weight excluding hydrogens is 344 g/mol. The number of nitrogen functional groups attached to an aromatic ring is 1. The van der Waals surface area contributed by atoms with Crippen molar-refractivity contribution in [1.82, 2.24) is 0 Å². The zero-order valence-electron chi connectivity index (χ0n) is 12.8. The highest BCUT2D eigenvalue weighted by atomic mass is 79.9. The number of benzene rings is 2. The van der Waals surface area contributed by atoms with E-state index >= 15 is 0 Å². The highest BCUT2D eigenvalue weighted by molar-refractivity contribution is 9.10. The van der Waals surface area contributed by atoms with Gasteiger partial charge in [-0.25, -0.2) is 0 Å². The molecule has 2 aromatic carbocycles. The molecule has 0 aliphatic heterocycles. The van der Waals surface area contributed by atoms with Crippen LogP contribution >= 0.6 is 15.9 Å². The van der Waals surface area contributed by atoms with E-state index in [0.717, 1.165) is 10.0 Å². The van der Waals surface area contributed by atoms with Gasteiger partial charge in [0.05, 0.1) is 0 Å². The van der Waals surface area contributed by atoms with E-state index in [1.54, 1.807) is 19.9 Å². The number of halogens is 1. The standard InChI is InChI=1S/C17H19BrN2O2/c1-11-4-7-13(10-15(11)19)20-16(21)17(2,3)22-14-8-5-12(18)6-9-14/h4-10H,19H2,1-3H3,(H,20,21). The zero-order valence-corrected chi connectivity index (χ0v) is 14.4. The van der Waals surface area contributed by atoms with Crippen LogP contribution in [0.2, 0.25) is 0 Å². The molecule has 2 aromatic rings. The molecule has 0 aliphatic rings. The van der Waals surface area contributed by atoms with Gasteiger partial charge in [-0.05, 0) is 62.7 Å². The lowest BCUT2D eigenvalue weighted by Crippen LogP contribution is -2.42. The molecule has 0 spiro atoms. The van der Waals surface area contributed by atoms with Gasteiger partial charge in [-0.3, -0.25) is 4.79 Å². The fourth-order valence-corrected chi connectivity index (χ4v) is 2.11. The SMILES string of the molecule is Cc1ccc(NC(=O)C(C)(C)Oc2ccc(Br)cc2)cc1N. The second-order valence-electron chi connectivity index (χ2n) is 5.59. The van der Waals surface area contributed by atoms with Crippen LogP contribution in [-0.2, 0) is 4.79 Å². The summed E-state index contributed by atoms with van der Waals surface area (Å²) in [5, 5.41) is 2.83. The van der Waals surface area contributed by atoms with E-state index < -0.39 is 5.60 Å². The number of nitrogens with two attached hydrogens (primary N) is 1. The number of carbonyl (C=O) groups excluding carboxylic acids is 1. The fourth-order valence-electron chi connectivity index (χ4n) is 1.84. The van der Waals surface area contributed by atoms with Crippen LogP contribution in [0.25, 0.3) is 0 Å². The van der Waals surface area contributed by atoms with Crippen LogP contribution in [0, 0.1) is 6.92 Å². The molecule has 0 aliphatic carbocycles. The molecule has 22 heavy (non-hydrogen) atoms. The van der Waals surface area contributed by atoms with Gasteiger partial charge in [0.15, 0.2) is 5.60 Å². The molecule has 116 valence electrons. The first-order chi connectivity index (χ1) is 10.3. The lowest BCUT2D eigenvalue weighted by atomic mass is 10.1. The average Bonchev–Trinajstić information content (AvgIpc) is 2.45. The summed E-state index contributed by atoms with van der Waals surface area (Å²) < 4.78 is 6.74. The minimum atomic E-state index is -1.01. The molecular formula is C17H19BrN2O2. The zero-order chi connectivity index (χ0) is 16.3. The Labute approximate surface area is 138 Å². The van der Waals surface area contributed by atoms with E-state index in [0.29, 0.717) is 17.1 Å². The second kappa shape index (κ2) is 6.40. The van der Waals surface area contributed by atoms with E-state index in [2.05, 4.69) is 21.2 Å². The van der Waals surface area contributed by atoms with Gasteiger partial charge in [0.2, 0.25) is 0 Å². The van der Waals surface area contributed by atoms with Gasteiger partial charge in [-0.2, -0.15) is 0 Å². The summed E-state index contributed by atoms with van der Waals surface area (Å²) in [4.78, 5) is 12.4. The van der Waals surface area contributed by atoms with Gasteiger partial charge in [-0.15, -0.1) is 0 Å². The Kier molecular flexibility index (Phi) is 4.76. The van der Waals surface area contributed by atoms with Gasteiger partial charge in [0, 0.05) is 15.8 Å². The van der Waals surface area contributed by atoms with Gasteiger partial charge in [0.25, 0.3) is 5.91 Å². The maximum absolute atomic E-state index is 12.4. The Morgan fingerprint density at radius 3 is 2.41 bits per heavy atom. The van der Waals surface area contributed by atoms with E-state index in [4.69, 9.17) is 10.5 Å². The first-order valence-corrected chi connectivity index (χ1v) is 7.69. The predicted molar refractivity (Wildman–Crippen MR) is 93.1 cm³/mol. The van der Waals surface area contributed by atoms with Crippen molar-refractivity contribution in [2.75, 3.05) is 11.1 Å². The molecule has 0 fully saturated rings. The second-order valence-corrected chi connectivity index (χ2v) is 6.51. The topological polar surface area (TPSA) is 64.3 Å². The van der Waals surface area contributed by atoms with Gasteiger partial charge in [0.1, 0.15) is 5.75 Å². The minimum absolute atomic E-state index is 0.237. The number of hydrogen-bond donors (Lipinski definition) is 2. The third kappa shape index (κ3) is 4.01. The molecule has 0 aromatic heterocycles. The molecule has 1 amide bonds. The monoisotopic (exact) mass is 362 g/mol. The fraction of sp³-hybridized carbons (Fsp3) is 0.235. The van der Waals surface area contributed by atoms with Crippen molar-refractivity contribution in [3.63, 3.8) is 0 Å². The highest BCUT2D eigenvalue weighted by Crippen LogP contribution is 2.23. The molecule has 0 saturated carbocycles. The number of rotatable bonds is 4. The Morgan fingerprint density at radius 1 is 1.18 bits per heavy atom. The number of carbonyl (C=O) groups is 1. The van der Waals surface area contributed by atoms with Crippen LogP contribution in [-0.4, -0.2) is 11.5 Å². The highest BCUT2D eigenvalue weighted by Gasteiger charge is 2.30. The van der Waals surface area contributed by atoms with Gasteiger partial charge < -0.3 is 15.8 Å². The van der Waals surface area contributed by atoms with Gasteiger partial charge in [-0.1, -0.05) is 22.0 Å². The van der Waals surface area contributed by atoms with E-state index in [9.17, 15) is 4.79 Å². The van der Waals surface area contributed by atoms with E-state index in [1.165, 1.54) is 0 Å². The molecule has 0 radical (unpaired) electrons. The summed E-state index contributed by atoms with van der Waals surface area (Å²) in [6.45, 7) is 5.37. The minimum Gasteiger partial charge on any atom is -0.478 e. The van der Waals surface area contributed by atoms with Crippen molar-refractivity contribution in [2.24, 2.45) is 0 Å². The van der Waals surface area contributed by atoms with Crippen molar-refractivity contribution in [3.05, 3.63) is 52.5 Å². The van der Waals surface area contributed by atoms with E-state index in [-0.39, 0.29) is 5.91 Å². The first-order valence-electron chi connectivity index (χ1n) is 6.90. The van der Waals surface area contributed by atoms with Crippen molar-refractivity contribution in [1.29, 1.82) is 0 Å². The number of ether oxygens (including phenoxy) is 1. The van der Waals surface area contributed by atoms with Crippen LogP contribution in [0.5, 0.6) is 5.75 Å². The van der Waals surface area contributed by atoms with Crippen molar-refractivity contribution in [2.45, 2.75) is 26.4 Å². The molecule has 4 nitrogen and oxygen atoms in total. The molecule has 0 heterocycles. The number of aryl methyl sites for hydroxylation is 1. The number of amides is 1. The molecule has 0 atom stereocenters. The number of hydrogen-bond acceptors (Lipinski definition) is 3. The summed E-state index contributed by atoms with van der Waals surface area (Å²) in [6.07, 6.45) is 0. The summed E-state index contributed by atoms with van der Waals surface area (Å²) in [5.41, 5.74) is 7.12. The van der Waals surface area contributed by atoms with Crippen molar-refractivity contribution < 1.29 is 9.53 Å². The maximum atomic E-state index is 12.4. The number of anilines is 2. The molecule has 3 N–H and O–H groups in total. The molecule has 0 saturated heterocycles. The van der Waals surface area contributed by atoms with Gasteiger partial charge >= 0.3 is 0 Å². The van der Waals surface area contributed by atoms with Crippen LogP contribution in [0.15, 0.2) is 46.9 Å². The third-order valence-electron chi connectivity index (χ3n) is 3.27. The van der Waals surface area contributed by atoms with Crippen molar-refractivity contribution >= 4 is 33.2 Å². The largest absolute Gasteiger partial charge is 0.478 e. The molecule has 5 heteroatoms. The summed E-state index contributed by atoms with van der Waals surface area (Å²) in [6, 6.07) is 12.8. The van der Waals surface area contributed by atoms with Crippen LogP contribution in [0.4, 0.5) is 11.4 Å². The molecule has 0 unspecified atom stereocenters. The third-order valence-corrected chi connectivity index (χ3v) is 3.80. The Morgan fingerprint density at radius 2 is 1.82 bits per heavy atom. The molecule has 0 bridgehead atoms. The first kappa shape index (κ1) is 16.4. The number of nitrogens with one attached hydrogen (secondary N) is 1. The summed E-state index contributed by atoms with van der Waals surface area (Å²) in [7, 11) is 0. The smallest absolute Gasteiger partial charge is 0.267 e.